The number of nitrogens with zero attached hydrogens (tertiary/aromatic N) is 2. The standard InChI is InChI=1S/C14H15BrF2N2O/c15-10-1-3-11(4-2-10)18-5-7-19(8-6-18)13(20)12-9-14(12,16)17/h1-4,12H,5-9H2. The van der Waals surface area contributed by atoms with E-state index >= 15 is 0 Å². The Labute approximate surface area is 124 Å². The van der Waals surface area contributed by atoms with Crippen LogP contribution in [0.15, 0.2) is 28.7 Å². The van der Waals surface area contributed by atoms with Crippen molar-refractivity contribution in [2.45, 2.75) is 12.3 Å². The highest BCUT2D eigenvalue weighted by Crippen LogP contribution is 2.49. The zero-order valence-corrected chi connectivity index (χ0v) is 12.4. The van der Waals surface area contributed by atoms with Gasteiger partial charge in [-0.2, -0.15) is 0 Å². The molecular weight excluding hydrogens is 330 g/mol. The van der Waals surface area contributed by atoms with Crippen LogP contribution in [0.25, 0.3) is 0 Å². The molecule has 1 saturated carbocycles. The summed E-state index contributed by atoms with van der Waals surface area (Å²) in [4.78, 5) is 15.6. The summed E-state index contributed by atoms with van der Waals surface area (Å²) < 4.78 is 26.9. The highest BCUT2D eigenvalue weighted by atomic mass is 79.9. The molecule has 1 saturated heterocycles. The largest absolute Gasteiger partial charge is 0.368 e. The number of piperazine rings is 1. The molecular formula is C14H15BrF2N2O. The smallest absolute Gasteiger partial charge is 0.260 e. The van der Waals surface area contributed by atoms with Gasteiger partial charge in [-0.25, -0.2) is 8.78 Å². The summed E-state index contributed by atoms with van der Waals surface area (Å²) in [5.74, 6) is -4.22. The molecule has 3 rings (SSSR count). The molecule has 0 bridgehead atoms. The molecule has 3 nitrogen and oxygen atoms in total. The Bertz CT molecular complexity index is 512. The first-order valence-electron chi connectivity index (χ1n) is 6.64. The minimum atomic E-state index is -2.76. The van der Waals surface area contributed by atoms with E-state index in [-0.39, 0.29) is 12.3 Å². The molecule has 6 heteroatoms. The number of rotatable bonds is 2. The van der Waals surface area contributed by atoms with Gasteiger partial charge in [-0.3, -0.25) is 4.79 Å². The van der Waals surface area contributed by atoms with Crippen molar-refractivity contribution >= 4 is 27.5 Å². The lowest BCUT2D eigenvalue weighted by atomic mass is 10.2. The number of halogens is 3. The van der Waals surface area contributed by atoms with Crippen LogP contribution >= 0.6 is 15.9 Å². The molecule has 1 unspecified atom stereocenters. The van der Waals surface area contributed by atoms with E-state index < -0.39 is 11.8 Å². The van der Waals surface area contributed by atoms with Crippen LogP contribution in [-0.4, -0.2) is 42.9 Å². The Hall–Kier alpha value is -1.17. The van der Waals surface area contributed by atoms with Gasteiger partial charge in [-0.05, 0) is 24.3 Å². The minimum Gasteiger partial charge on any atom is -0.368 e. The van der Waals surface area contributed by atoms with Gasteiger partial charge in [0.25, 0.3) is 5.92 Å². The molecule has 0 N–H and O–H groups in total. The molecule has 0 radical (unpaired) electrons. The third-order valence-electron chi connectivity index (χ3n) is 3.91. The van der Waals surface area contributed by atoms with Crippen molar-refractivity contribution in [3.8, 4) is 0 Å². The van der Waals surface area contributed by atoms with E-state index in [2.05, 4.69) is 20.8 Å². The van der Waals surface area contributed by atoms with E-state index in [0.29, 0.717) is 26.2 Å². The minimum absolute atomic E-state index is 0.279. The third-order valence-corrected chi connectivity index (χ3v) is 4.44. The number of hydrogen-bond acceptors (Lipinski definition) is 2. The second-order valence-corrected chi connectivity index (χ2v) is 6.22. The lowest BCUT2D eigenvalue weighted by molar-refractivity contribution is -0.135. The first-order chi connectivity index (χ1) is 9.47. The van der Waals surface area contributed by atoms with Gasteiger partial charge in [-0.15, -0.1) is 0 Å². The van der Waals surface area contributed by atoms with Crippen LogP contribution in [-0.2, 0) is 4.79 Å². The normalized spacial score (nSPS) is 24.6. The average molecular weight is 345 g/mol. The molecule has 108 valence electrons. The monoisotopic (exact) mass is 344 g/mol. The lowest BCUT2D eigenvalue weighted by Gasteiger charge is -2.36. The van der Waals surface area contributed by atoms with Gasteiger partial charge in [0, 0.05) is 42.8 Å². The Kier molecular flexibility index (Phi) is 3.44. The molecule has 0 spiro atoms. The molecule has 1 aliphatic heterocycles. The predicted octanol–water partition coefficient (Wildman–Crippen LogP) is 2.75. The van der Waals surface area contributed by atoms with E-state index in [1.165, 1.54) is 0 Å². The molecule has 1 aromatic rings. The second-order valence-electron chi connectivity index (χ2n) is 5.31. The van der Waals surface area contributed by atoms with E-state index in [1.54, 1.807) is 4.90 Å². The van der Waals surface area contributed by atoms with Crippen molar-refractivity contribution in [3.63, 3.8) is 0 Å². The van der Waals surface area contributed by atoms with Gasteiger partial charge in [0.1, 0.15) is 5.92 Å². The zero-order valence-electron chi connectivity index (χ0n) is 10.9. The molecule has 2 aliphatic rings. The fraction of sp³-hybridized carbons (Fsp3) is 0.500. The number of carbonyl (C=O) groups excluding carboxylic acids is 1. The molecule has 20 heavy (non-hydrogen) atoms. The summed E-state index contributed by atoms with van der Waals surface area (Å²) in [6.07, 6.45) is -0.279. The molecule has 1 atom stereocenters. The van der Waals surface area contributed by atoms with Crippen LogP contribution in [0.5, 0.6) is 0 Å². The van der Waals surface area contributed by atoms with Crippen LogP contribution in [0.1, 0.15) is 6.42 Å². The molecule has 0 aromatic heterocycles. The molecule has 1 heterocycles. The van der Waals surface area contributed by atoms with E-state index in [4.69, 9.17) is 0 Å². The summed E-state index contributed by atoms with van der Waals surface area (Å²) in [6.45, 7) is 2.40. The van der Waals surface area contributed by atoms with Gasteiger partial charge >= 0.3 is 0 Å². The van der Waals surface area contributed by atoms with Crippen molar-refractivity contribution in [1.82, 2.24) is 4.90 Å². The third kappa shape index (κ3) is 2.66. The van der Waals surface area contributed by atoms with Gasteiger partial charge in [0.15, 0.2) is 0 Å². The van der Waals surface area contributed by atoms with Gasteiger partial charge in [0.2, 0.25) is 5.91 Å². The Morgan fingerprint density at radius 1 is 1.15 bits per heavy atom. The Balaban J connectivity index is 1.57. The topological polar surface area (TPSA) is 23.6 Å². The molecule has 2 fully saturated rings. The second kappa shape index (κ2) is 4.98. The maximum absolute atomic E-state index is 12.9. The number of alkyl halides is 2. The summed E-state index contributed by atoms with van der Waals surface area (Å²) in [5, 5.41) is 0. The first-order valence-corrected chi connectivity index (χ1v) is 7.44. The van der Waals surface area contributed by atoms with E-state index in [0.717, 1.165) is 10.2 Å². The summed E-state index contributed by atoms with van der Waals surface area (Å²) in [7, 11) is 0. The first kappa shape index (κ1) is 13.8. The van der Waals surface area contributed by atoms with Gasteiger partial charge < -0.3 is 9.80 Å². The molecule has 1 aliphatic carbocycles. The van der Waals surface area contributed by atoms with Gasteiger partial charge in [0.05, 0.1) is 0 Å². The Morgan fingerprint density at radius 3 is 2.20 bits per heavy atom. The van der Waals surface area contributed by atoms with Crippen molar-refractivity contribution in [2.24, 2.45) is 5.92 Å². The quantitative estimate of drug-likeness (QED) is 0.823. The van der Waals surface area contributed by atoms with Crippen LogP contribution < -0.4 is 4.90 Å². The Morgan fingerprint density at radius 2 is 1.70 bits per heavy atom. The van der Waals surface area contributed by atoms with E-state index in [1.807, 2.05) is 24.3 Å². The van der Waals surface area contributed by atoms with Crippen LogP contribution in [0.3, 0.4) is 0 Å². The number of hydrogen-bond donors (Lipinski definition) is 0. The summed E-state index contributed by atoms with van der Waals surface area (Å²) in [6, 6.07) is 7.96. The average Bonchev–Trinajstić information content (AvgIpc) is 3.08. The van der Waals surface area contributed by atoms with Crippen LogP contribution in [0, 0.1) is 5.92 Å². The maximum atomic E-state index is 12.9. The maximum Gasteiger partial charge on any atom is 0.260 e. The van der Waals surface area contributed by atoms with Crippen molar-refractivity contribution in [2.75, 3.05) is 31.1 Å². The predicted molar refractivity (Wildman–Crippen MR) is 76.0 cm³/mol. The zero-order chi connectivity index (χ0) is 14.3. The lowest BCUT2D eigenvalue weighted by Crippen LogP contribution is -2.49. The van der Waals surface area contributed by atoms with Crippen LogP contribution in [0.4, 0.5) is 14.5 Å². The number of amides is 1. The van der Waals surface area contributed by atoms with Crippen molar-refractivity contribution in [3.05, 3.63) is 28.7 Å². The molecule has 1 amide bonds. The van der Waals surface area contributed by atoms with Gasteiger partial charge in [-0.1, -0.05) is 15.9 Å². The van der Waals surface area contributed by atoms with Crippen molar-refractivity contribution in [1.29, 1.82) is 0 Å². The van der Waals surface area contributed by atoms with Crippen molar-refractivity contribution < 1.29 is 13.6 Å². The number of carbonyl (C=O) groups is 1. The summed E-state index contributed by atoms with van der Waals surface area (Å²) >= 11 is 3.39. The SMILES string of the molecule is O=C(C1CC1(F)F)N1CCN(c2ccc(Br)cc2)CC1. The van der Waals surface area contributed by atoms with Crippen LogP contribution in [0.2, 0.25) is 0 Å². The highest BCUT2D eigenvalue weighted by Gasteiger charge is 2.62. The number of benzene rings is 1. The number of anilines is 1. The fourth-order valence-electron chi connectivity index (χ4n) is 2.54. The molecule has 1 aromatic carbocycles. The highest BCUT2D eigenvalue weighted by molar-refractivity contribution is 9.10. The summed E-state index contributed by atoms with van der Waals surface area (Å²) in [5.41, 5.74) is 1.09. The van der Waals surface area contributed by atoms with E-state index in [9.17, 15) is 13.6 Å². The fourth-order valence-corrected chi connectivity index (χ4v) is 2.80.